The Balaban J connectivity index is 1.47. The van der Waals surface area contributed by atoms with Crippen molar-refractivity contribution in [3.8, 4) is 0 Å². The second-order valence-corrected chi connectivity index (χ2v) is 14.0. The maximum absolute atomic E-state index is 11.6. The van der Waals surface area contributed by atoms with E-state index >= 15 is 0 Å². The van der Waals surface area contributed by atoms with Crippen molar-refractivity contribution in [1.82, 2.24) is 0 Å². The van der Waals surface area contributed by atoms with Crippen LogP contribution < -0.4 is 0 Å². The lowest BCUT2D eigenvalue weighted by molar-refractivity contribution is -0.157. The van der Waals surface area contributed by atoms with Gasteiger partial charge in [0.05, 0.1) is 4.87 Å². The molecule has 0 heterocycles. The molecule has 0 aromatic carbocycles. The fraction of sp³-hybridized carbons (Fsp3) is 0.966. The molecule has 2 nitrogen and oxygen atoms in total. The van der Waals surface area contributed by atoms with E-state index in [1.807, 2.05) is 0 Å². The number of halogens is 1. The van der Waals surface area contributed by atoms with Crippen molar-refractivity contribution in [3.05, 3.63) is 0 Å². The minimum absolute atomic E-state index is 0.0195. The first-order chi connectivity index (χ1) is 15.0. The van der Waals surface area contributed by atoms with Crippen LogP contribution in [0.25, 0.3) is 0 Å². The van der Waals surface area contributed by atoms with Crippen molar-refractivity contribution in [2.75, 3.05) is 0 Å². The van der Waals surface area contributed by atoms with Gasteiger partial charge in [0.2, 0.25) is 0 Å². The molecule has 0 N–H and O–H groups in total. The second kappa shape index (κ2) is 9.09. The van der Waals surface area contributed by atoms with Crippen molar-refractivity contribution in [2.24, 2.45) is 46.3 Å². The molecule has 184 valence electrons. The molecule has 9 atom stereocenters. The first-order valence-corrected chi connectivity index (χ1v) is 14.2. The number of carbonyl (C=O) groups excluding carboxylic acids is 1. The zero-order valence-corrected chi connectivity index (χ0v) is 22.5. The van der Waals surface area contributed by atoms with Crippen molar-refractivity contribution in [2.45, 2.75) is 130 Å². The number of ether oxygens (including phenoxy) is 1. The molecule has 0 amide bonds. The molecule has 4 rings (SSSR count). The SMILES string of the molecule is CC(=O)O[C@@H]1CC[C@]2(C)[C@@H]3CC[C@@]4(C)[C@H](CC[C@H]4[C@H](C)CCCC(C)C)[C@H]3CC[C@@]2(Cl)C1. The monoisotopic (exact) mass is 464 g/mol. The van der Waals surface area contributed by atoms with Crippen LogP contribution in [0.2, 0.25) is 0 Å². The van der Waals surface area contributed by atoms with E-state index in [0.29, 0.717) is 5.41 Å². The van der Waals surface area contributed by atoms with Crippen LogP contribution in [0.4, 0.5) is 0 Å². The summed E-state index contributed by atoms with van der Waals surface area (Å²) in [5.41, 5.74) is 0.729. The largest absolute Gasteiger partial charge is 0.462 e. The highest BCUT2D eigenvalue weighted by Gasteiger charge is 2.64. The van der Waals surface area contributed by atoms with Gasteiger partial charge in [-0.3, -0.25) is 4.79 Å². The van der Waals surface area contributed by atoms with Crippen molar-refractivity contribution >= 4 is 17.6 Å². The molecule has 0 bridgehead atoms. The summed E-state index contributed by atoms with van der Waals surface area (Å²) in [7, 11) is 0. The molecule has 4 aliphatic carbocycles. The Kier molecular flexibility index (Phi) is 7.06. The van der Waals surface area contributed by atoms with Crippen LogP contribution in [0, 0.1) is 46.3 Å². The Labute approximate surface area is 203 Å². The number of alkyl halides is 1. The van der Waals surface area contributed by atoms with Gasteiger partial charge in [0.25, 0.3) is 0 Å². The van der Waals surface area contributed by atoms with Gasteiger partial charge in [-0.1, -0.05) is 53.9 Å². The lowest BCUT2D eigenvalue weighted by Crippen LogP contribution is -2.60. The number of hydrogen-bond donors (Lipinski definition) is 0. The highest BCUT2D eigenvalue weighted by Crippen LogP contribution is 2.70. The molecule has 4 saturated carbocycles. The smallest absolute Gasteiger partial charge is 0.302 e. The molecular formula is C29H49ClO2. The Morgan fingerprint density at radius 1 is 0.969 bits per heavy atom. The molecule has 0 saturated heterocycles. The fourth-order valence-electron chi connectivity index (χ4n) is 9.52. The molecule has 0 aromatic heterocycles. The predicted molar refractivity (Wildman–Crippen MR) is 134 cm³/mol. The normalized spacial score (nSPS) is 46.8. The number of carbonyl (C=O) groups is 1. The van der Waals surface area contributed by atoms with Crippen molar-refractivity contribution in [1.29, 1.82) is 0 Å². The predicted octanol–water partition coefficient (Wildman–Crippen LogP) is 8.40. The Hall–Kier alpha value is -0.240. The molecule has 4 fully saturated rings. The van der Waals surface area contributed by atoms with Gasteiger partial charge in [-0.25, -0.2) is 0 Å². The third-order valence-electron chi connectivity index (χ3n) is 11.2. The number of rotatable bonds is 6. The summed E-state index contributed by atoms with van der Waals surface area (Å²) in [6.45, 7) is 14.0. The summed E-state index contributed by atoms with van der Waals surface area (Å²) in [5.74, 6) is 4.95. The fourth-order valence-corrected chi connectivity index (χ4v) is 10.0. The highest BCUT2D eigenvalue weighted by atomic mass is 35.5. The topological polar surface area (TPSA) is 26.3 Å². The van der Waals surface area contributed by atoms with Gasteiger partial charge in [-0.05, 0) is 97.7 Å². The molecule has 0 spiro atoms. The summed E-state index contributed by atoms with van der Waals surface area (Å²) in [4.78, 5) is 11.4. The zero-order chi connectivity index (χ0) is 23.3. The second-order valence-electron chi connectivity index (χ2n) is 13.3. The average molecular weight is 465 g/mol. The molecule has 0 aromatic rings. The van der Waals surface area contributed by atoms with E-state index in [9.17, 15) is 4.79 Å². The van der Waals surface area contributed by atoms with Crippen molar-refractivity contribution < 1.29 is 9.53 Å². The zero-order valence-electron chi connectivity index (χ0n) is 21.7. The molecule has 32 heavy (non-hydrogen) atoms. The maximum Gasteiger partial charge on any atom is 0.302 e. The summed E-state index contributed by atoms with van der Waals surface area (Å²) in [6.07, 6.45) is 15.2. The van der Waals surface area contributed by atoms with Crippen LogP contribution in [0.1, 0.15) is 119 Å². The molecule has 0 radical (unpaired) electrons. The van der Waals surface area contributed by atoms with E-state index in [4.69, 9.17) is 16.3 Å². The number of esters is 1. The molecule has 4 aliphatic rings. The van der Waals surface area contributed by atoms with E-state index in [2.05, 4.69) is 34.6 Å². The molecule has 0 unspecified atom stereocenters. The van der Waals surface area contributed by atoms with E-state index in [1.165, 1.54) is 58.3 Å². The molecule has 0 aliphatic heterocycles. The van der Waals surface area contributed by atoms with Gasteiger partial charge in [0, 0.05) is 13.3 Å². The number of fused-ring (bicyclic) bond motifs is 5. The van der Waals surface area contributed by atoms with Gasteiger partial charge in [0.1, 0.15) is 6.10 Å². The first kappa shape index (κ1) is 24.9. The Bertz CT molecular complexity index is 691. The van der Waals surface area contributed by atoms with Crippen LogP contribution in [-0.4, -0.2) is 16.9 Å². The quantitative estimate of drug-likeness (QED) is 0.291. The maximum atomic E-state index is 11.6. The van der Waals surface area contributed by atoms with Gasteiger partial charge < -0.3 is 4.74 Å². The lowest BCUT2D eigenvalue weighted by Gasteiger charge is -2.64. The third-order valence-corrected chi connectivity index (χ3v) is 12.0. The van der Waals surface area contributed by atoms with Gasteiger partial charge in [-0.15, -0.1) is 11.6 Å². The Morgan fingerprint density at radius 3 is 2.41 bits per heavy atom. The first-order valence-electron chi connectivity index (χ1n) is 13.9. The Morgan fingerprint density at radius 2 is 1.72 bits per heavy atom. The van der Waals surface area contributed by atoms with E-state index in [0.717, 1.165) is 61.2 Å². The van der Waals surface area contributed by atoms with Crippen LogP contribution in [0.3, 0.4) is 0 Å². The van der Waals surface area contributed by atoms with Gasteiger partial charge in [0.15, 0.2) is 0 Å². The van der Waals surface area contributed by atoms with E-state index in [-0.39, 0.29) is 22.4 Å². The minimum atomic E-state index is -0.192. The summed E-state index contributed by atoms with van der Waals surface area (Å²) < 4.78 is 5.64. The number of hydrogen-bond acceptors (Lipinski definition) is 2. The van der Waals surface area contributed by atoms with E-state index < -0.39 is 0 Å². The van der Waals surface area contributed by atoms with Gasteiger partial charge >= 0.3 is 5.97 Å². The molecular weight excluding hydrogens is 416 g/mol. The average Bonchev–Trinajstić information content (AvgIpc) is 3.05. The van der Waals surface area contributed by atoms with Crippen molar-refractivity contribution in [3.63, 3.8) is 0 Å². The lowest BCUT2D eigenvalue weighted by atomic mass is 9.44. The van der Waals surface area contributed by atoms with Crippen LogP contribution in [0.5, 0.6) is 0 Å². The van der Waals surface area contributed by atoms with E-state index in [1.54, 1.807) is 0 Å². The van der Waals surface area contributed by atoms with Crippen LogP contribution >= 0.6 is 11.6 Å². The summed E-state index contributed by atoms with van der Waals surface area (Å²) in [5, 5.41) is 0. The van der Waals surface area contributed by atoms with Gasteiger partial charge in [-0.2, -0.15) is 0 Å². The minimum Gasteiger partial charge on any atom is -0.462 e. The standard InChI is InChI=1S/C29H49ClO2/c1-19(2)8-7-9-20(3)24-10-11-25-23-13-17-29(30)18-22(32-21(4)31)12-16-28(29,6)26(23)14-15-27(24,25)5/h19-20,22-26H,7-18H2,1-6H3/t20-,22-,23-,24+,25-,26-,27-,28-,29-/m1/s1. The molecule has 3 heteroatoms. The van der Waals surface area contributed by atoms with Crippen LogP contribution in [0.15, 0.2) is 0 Å². The summed E-state index contributed by atoms with van der Waals surface area (Å²) in [6, 6.07) is 0. The van der Waals surface area contributed by atoms with Crippen LogP contribution in [-0.2, 0) is 9.53 Å². The summed E-state index contributed by atoms with van der Waals surface area (Å²) >= 11 is 7.46. The highest BCUT2D eigenvalue weighted by molar-refractivity contribution is 6.24. The third kappa shape index (κ3) is 4.18.